The molecule has 1 aliphatic rings. The molecular weight excluding hydrogens is 176 g/mol. The van der Waals surface area contributed by atoms with Crippen molar-refractivity contribution in [3.63, 3.8) is 0 Å². The Hall–Kier alpha value is -0.930. The standard InChI is InChI=1S/C11H16N2O/c1-9(11-4-2-3-5-12-11)13-6-10(7-13)8-14/h2-5,9-10,14H,6-8H2,1H3. The summed E-state index contributed by atoms with van der Waals surface area (Å²) in [5.41, 5.74) is 1.11. The van der Waals surface area contributed by atoms with Gasteiger partial charge in [0.05, 0.1) is 5.69 Å². The fraction of sp³-hybridized carbons (Fsp3) is 0.545. The van der Waals surface area contributed by atoms with Crippen LogP contribution in [0.4, 0.5) is 0 Å². The van der Waals surface area contributed by atoms with Crippen LogP contribution in [0.1, 0.15) is 18.7 Å². The number of pyridine rings is 1. The SMILES string of the molecule is CC(c1ccccn1)N1CC(CO)C1. The molecule has 0 aromatic carbocycles. The third-order valence-electron chi connectivity index (χ3n) is 2.91. The van der Waals surface area contributed by atoms with Gasteiger partial charge in [0.1, 0.15) is 0 Å². The summed E-state index contributed by atoms with van der Waals surface area (Å²) in [6, 6.07) is 6.38. The van der Waals surface area contributed by atoms with E-state index < -0.39 is 0 Å². The molecule has 76 valence electrons. The molecule has 3 nitrogen and oxygen atoms in total. The molecule has 0 amide bonds. The first-order chi connectivity index (χ1) is 6.81. The molecule has 1 saturated heterocycles. The quantitative estimate of drug-likeness (QED) is 0.778. The lowest BCUT2D eigenvalue weighted by Gasteiger charge is -2.42. The minimum absolute atomic E-state index is 0.311. The molecule has 14 heavy (non-hydrogen) atoms. The van der Waals surface area contributed by atoms with Gasteiger partial charge in [-0.2, -0.15) is 0 Å². The number of hydrogen-bond donors (Lipinski definition) is 1. The molecule has 1 aromatic heterocycles. The maximum atomic E-state index is 8.91. The summed E-state index contributed by atoms with van der Waals surface area (Å²) in [5, 5.41) is 8.91. The average molecular weight is 192 g/mol. The van der Waals surface area contributed by atoms with Gasteiger partial charge in [-0.3, -0.25) is 9.88 Å². The van der Waals surface area contributed by atoms with E-state index in [0.29, 0.717) is 18.6 Å². The second-order valence-electron chi connectivity index (χ2n) is 3.93. The van der Waals surface area contributed by atoms with Gasteiger partial charge < -0.3 is 5.11 Å². The lowest BCUT2D eigenvalue weighted by atomic mass is 9.98. The summed E-state index contributed by atoms with van der Waals surface area (Å²) in [6.07, 6.45) is 1.83. The van der Waals surface area contributed by atoms with Gasteiger partial charge in [-0.05, 0) is 19.1 Å². The number of aliphatic hydroxyl groups excluding tert-OH is 1. The topological polar surface area (TPSA) is 36.4 Å². The molecule has 1 N–H and O–H groups in total. The van der Waals surface area contributed by atoms with Gasteiger partial charge in [0.25, 0.3) is 0 Å². The molecule has 1 fully saturated rings. The number of hydrogen-bond acceptors (Lipinski definition) is 3. The van der Waals surface area contributed by atoms with Crippen LogP contribution >= 0.6 is 0 Å². The average Bonchev–Trinajstić information content (AvgIpc) is 2.17. The van der Waals surface area contributed by atoms with Gasteiger partial charge in [0.15, 0.2) is 0 Å². The lowest BCUT2D eigenvalue weighted by Crippen LogP contribution is -2.49. The molecule has 1 aromatic rings. The fourth-order valence-corrected chi connectivity index (χ4v) is 1.85. The van der Waals surface area contributed by atoms with Gasteiger partial charge in [-0.1, -0.05) is 6.07 Å². The van der Waals surface area contributed by atoms with Crippen LogP contribution in [0, 0.1) is 5.92 Å². The molecule has 0 bridgehead atoms. The summed E-state index contributed by atoms with van der Waals surface area (Å²) in [4.78, 5) is 6.66. The van der Waals surface area contributed by atoms with Gasteiger partial charge in [0.2, 0.25) is 0 Å². The van der Waals surface area contributed by atoms with E-state index in [1.165, 1.54) is 0 Å². The van der Waals surface area contributed by atoms with E-state index in [0.717, 1.165) is 18.8 Å². The minimum Gasteiger partial charge on any atom is -0.396 e. The third kappa shape index (κ3) is 1.79. The molecule has 3 heteroatoms. The molecule has 1 atom stereocenters. The number of aromatic nitrogens is 1. The van der Waals surface area contributed by atoms with Crippen molar-refractivity contribution in [2.24, 2.45) is 5.92 Å². The van der Waals surface area contributed by atoms with Crippen LogP contribution in [0.3, 0.4) is 0 Å². The zero-order chi connectivity index (χ0) is 9.97. The Morgan fingerprint density at radius 3 is 2.93 bits per heavy atom. The third-order valence-corrected chi connectivity index (χ3v) is 2.91. The van der Waals surface area contributed by atoms with Crippen molar-refractivity contribution in [2.45, 2.75) is 13.0 Å². The number of nitrogens with zero attached hydrogens (tertiary/aromatic N) is 2. The first kappa shape index (κ1) is 9.62. The summed E-state index contributed by atoms with van der Waals surface area (Å²) in [7, 11) is 0. The van der Waals surface area contributed by atoms with Crippen molar-refractivity contribution in [1.82, 2.24) is 9.88 Å². The van der Waals surface area contributed by atoms with E-state index >= 15 is 0 Å². The minimum atomic E-state index is 0.311. The zero-order valence-electron chi connectivity index (χ0n) is 8.43. The molecule has 1 aliphatic heterocycles. The normalized spacial score (nSPS) is 20.4. The Morgan fingerprint density at radius 1 is 1.57 bits per heavy atom. The zero-order valence-corrected chi connectivity index (χ0v) is 8.43. The van der Waals surface area contributed by atoms with Crippen LogP contribution in [0.2, 0.25) is 0 Å². The fourth-order valence-electron chi connectivity index (χ4n) is 1.85. The Morgan fingerprint density at radius 2 is 2.36 bits per heavy atom. The van der Waals surface area contributed by atoms with Crippen LogP contribution in [0.15, 0.2) is 24.4 Å². The van der Waals surface area contributed by atoms with Crippen LogP contribution < -0.4 is 0 Å². The second-order valence-corrected chi connectivity index (χ2v) is 3.93. The van der Waals surface area contributed by atoms with E-state index in [-0.39, 0.29) is 0 Å². The van der Waals surface area contributed by atoms with Gasteiger partial charge in [0, 0.05) is 37.9 Å². The molecule has 2 heterocycles. The maximum absolute atomic E-state index is 8.91. The molecule has 0 radical (unpaired) electrons. The summed E-state index contributed by atoms with van der Waals surface area (Å²) in [6.45, 7) is 4.46. The number of rotatable bonds is 3. The van der Waals surface area contributed by atoms with Crippen LogP contribution in [0.5, 0.6) is 0 Å². The smallest absolute Gasteiger partial charge is 0.0572 e. The van der Waals surface area contributed by atoms with Crippen LogP contribution in [-0.4, -0.2) is 34.7 Å². The van der Waals surface area contributed by atoms with E-state index in [4.69, 9.17) is 5.11 Å². The van der Waals surface area contributed by atoms with Gasteiger partial charge in [-0.25, -0.2) is 0 Å². The molecule has 0 aliphatic carbocycles. The van der Waals surface area contributed by atoms with Crippen molar-refractivity contribution in [1.29, 1.82) is 0 Å². The van der Waals surface area contributed by atoms with Crippen molar-refractivity contribution < 1.29 is 5.11 Å². The molecule has 2 rings (SSSR count). The number of likely N-dealkylation sites (tertiary alicyclic amines) is 1. The Balaban J connectivity index is 1.94. The van der Waals surface area contributed by atoms with Gasteiger partial charge in [-0.15, -0.1) is 0 Å². The summed E-state index contributed by atoms with van der Waals surface area (Å²) < 4.78 is 0. The highest BCUT2D eigenvalue weighted by Crippen LogP contribution is 2.26. The van der Waals surface area contributed by atoms with Crippen LogP contribution in [-0.2, 0) is 0 Å². The number of aliphatic hydroxyl groups is 1. The molecular formula is C11H16N2O. The second kappa shape index (κ2) is 4.07. The highest BCUT2D eigenvalue weighted by molar-refractivity contribution is 5.09. The van der Waals surface area contributed by atoms with E-state index in [9.17, 15) is 0 Å². The van der Waals surface area contributed by atoms with Crippen molar-refractivity contribution in [3.05, 3.63) is 30.1 Å². The van der Waals surface area contributed by atoms with Crippen molar-refractivity contribution in [3.8, 4) is 0 Å². The Kier molecular flexibility index (Phi) is 2.79. The molecule has 0 saturated carbocycles. The van der Waals surface area contributed by atoms with Crippen molar-refractivity contribution >= 4 is 0 Å². The van der Waals surface area contributed by atoms with Crippen molar-refractivity contribution in [2.75, 3.05) is 19.7 Å². The molecule has 1 unspecified atom stereocenters. The lowest BCUT2D eigenvalue weighted by molar-refractivity contribution is 0.0233. The van der Waals surface area contributed by atoms with E-state index in [1.54, 1.807) is 0 Å². The van der Waals surface area contributed by atoms with Gasteiger partial charge >= 0.3 is 0 Å². The highest BCUT2D eigenvalue weighted by Gasteiger charge is 2.30. The van der Waals surface area contributed by atoms with E-state index in [1.807, 2.05) is 18.3 Å². The summed E-state index contributed by atoms with van der Waals surface area (Å²) >= 11 is 0. The summed E-state index contributed by atoms with van der Waals surface area (Å²) in [5.74, 6) is 0.473. The first-order valence-corrected chi connectivity index (χ1v) is 5.07. The Labute approximate surface area is 84.4 Å². The van der Waals surface area contributed by atoms with Crippen LogP contribution in [0.25, 0.3) is 0 Å². The predicted octanol–water partition coefficient (Wildman–Crippen LogP) is 1.07. The monoisotopic (exact) mass is 192 g/mol. The Bertz CT molecular complexity index is 283. The highest BCUT2D eigenvalue weighted by atomic mass is 16.3. The van der Waals surface area contributed by atoms with E-state index in [2.05, 4.69) is 22.9 Å². The first-order valence-electron chi connectivity index (χ1n) is 5.07. The largest absolute Gasteiger partial charge is 0.396 e. The maximum Gasteiger partial charge on any atom is 0.0572 e. The predicted molar refractivity (Wildman–Crippen MR) is 54.8 cm³/mol. The molecule has 0 spiro atoms.